The van der Waals surface area contributed by atoms with Crippen molar-refractivity contribution in [3.63, 3.8) is 0 Å². The fourth-order valence-corrected chi connectivity index (χ4v) is 2.57. The lowest BCUT2D eigenvalue weighted by Gasteiger charge is -2.03. The van der Waals surface area contributed by atoms with Gasteiger partial charge >= 0.3 is 0 Å². The Hall–Kier alpha value is -2.29. The van der Waals surface area contributed by atoms with Crippen LogP contribution >= 0.6 is 0 Å². The van der Waals surface area contributed by atoms with Gasteiger partial charge in [-0.1, -0.05) is 17.2 Å². The largest absolute Gasteiger partial charge is 0.398 e. The Bertz CT molecular complexity index is 749. The highest BCUT2D eigenvalue weighted by atomic mass is 15.0. The molecule has 0 atom stereocenters. The molecule has 0 fully saturated rings. The molecule has 0 aliphatic rings. The van der Waals surface area contributed by atoms with Gasteiger partial charge in [-0.05, 0) is 45.0 Å². The SMILES string of the molecule is Cc1cc(C)cc(-c2nc(C)n3cc(N)ccc23)c1. The lowest BCUT2D eigenvalue weighted by Crippen LogP contribution is -1.91. The smallest absolute Gasteiger partial charge is 0.110 e. The molecule has 0 aliphatic carbocycles. The van der Waals surface area contributed by atoms with Crippen LogP contribution in [0.25, 0.3) is 16.8 Å². The van der Waals surface area contributed by atoms with Crippen LogP contribution in [0.4, 0.5) is 5.69 Å². The first-order valence-electron chi connectivity index (χ1n) is 6.37. The summed E-state index contributed by atoms with van der Waals surface area (Å²) in [7, 11) is 0. The maximum atomic E-state index is 5.84. The third kappa shape index (κ3) is 1.97. The van der Waals surface area contributed by atoms with Crippen LogP contribution in [0.5, 0.6) is 0 Å². The molecule has 0 aliphatic heterocycles. The van der Waals surface area contributed by atoms with Crippen molar-refractivity contribution in [2.45, 2.75) is 20.8 Å². The summed E-state index contributed by atoms with van der Waals surface area (Å²) < 4.78 is 2.04. The number of imidazole rings is 1. The molecule has 0 saturated heterocycles. The summed E-state index contributed by atoms with van der Waals surface area (Å²) in [6.45, 7) is 6.22. The summed E-state index contributed by atoms with van der Waals surface area (Å²) in [4.78, 5) is 4.69. The summed E-state index contributed by atoms with van der Waals surface area (Å²) in [5.41, 5.74) is 12.4. The van der Waals surface area contributed by atoms with Crippen molar-refractivity contribution in [3.05, 3.63) is 53.5 Å². The molecule has 2 heterocycles. The number of pyridine rings is 1. The number of fused-ring (bicyclic) bond motifs is 1. The Labute approximate surface area is 112 Å². The van der Waals surface area contributed by atoms with E-state index in [1.54, 1.807) is 0 Å². The third-order valence-electron chi connectivity index (χ3n) is 3.33. The Morgan fingerprint density at radius 1 is 1.00 bits per heavy atom. The number of hydrogen-bond donors (Lipinski definition) is 1. The molecule has 0 bridgehead atoms. The Morgan fingerprint density at radius 2 is 1.68 bits per heavy atom. The number of hydrogen-bond acceptors (Lipinski definition) is 2. The highest BCUT2D eigenvalue weighted by Gasteiger charge is 2.11. The van der Waals surface area contributed by atoms with Crippen molar-refractivity contribution in [3.8, 4) is 11.3 Å². The molecule has 0 saturated carbocycles. The van der Waals surface area contributed by atoms with E-state index in [-0.39, 0.29) is 0 Å². The van der Waals surface area contributed by atoms with Crippen LogP contribution in [-0.2, 0) is 0 Å². The first-order chi connectivity index (χ1) is 9.04. The van der Waals surface area contributed by atoms with Crippen molar-refractivity contribution < 1.29 is 0 Å². The van der Waals surface area contributed by atoms with Gasteiger partial charge in [0.05, 0.1) is 11.2 Å². The Kier molecular flexibility index (Phi) is 2.56. The van der Waals surface area contributed by atoms with Crippen molar-refractivity contribution in [2.75, 3.05) is 5.73 Å². The van der Waals surface area contributed by atoms with Crippen LogP contribution in [0.1, 0.15) is 17.0 Å². The van der Waals surface area contributed by atoms with Gasteiger partial charge in [0.1, 0.15) is 5.82 Å². The quantitative estimate of drug-likeness (QED) is 0.719. The highest BCUT2D eigenvalue weighted by molar-refractivity contribution is 5.79. The summed E-state index contributed by atoms with van der Waals surface area (Å²) in [6.07, 6.45) is 1.92. The molecule has 1 aromatic carbocycles. The van der Waals surface area contributed by atoms with Gasteiger partial charge in [0.15, 0.2) is 0 Å². The van der Waals surface area contributed by atoms with Gasteiger partial charge in [-0.2, -0.15) is 0 Å². The molecule has 3 heteroatoms. The van der Waals surface area contributed by atoms with Crippen LogP contribution in [0, 0.1) is 20.8 Å². The molecular weight excluding hydrogens is 234 g/mol. The van der Waals surface area contributed by atoms with Crippen molar-refractivity contribution >= 4 is 11.2 Å². The van der Waals surface area contributed by atoms with E-state index in [1.807, 2.05) is 29.7 Å². The van der Waals surface area contributed by atoms with Crippen LogP contribution in [0.3, 0.4) is 0 Å². The fourth-order valence-electron chi connectivity index (χ4n) is 2.57. The minimum Gasteiger partial charge on any atom is -0.398 e. The summed E-state index contributed by atoms with van der Waals surface area (Å²) in [5.74, 6) is 0.955. The second-order valence-electron chi connectivity index (χ2n) is 5.10. The molecule has 19 heavy (non-hydrogen) atoms. The van der Waals surface area contributed by atoms with E-state index in [9.17, 15) is 0 Å². The molecule has 0 radical (unpaired) electrons. The van der Waals surface area contributed by atoms with E-state index in [2.05, 4.69) is 32.0 Å². The van der Waals surface area contributed by atoms with Crippen molar-refractivity contribution in [1.82, 2.24) is 9.38 Å². The van der Waals surface area contributed by atoms with Gasteiger partial charge in [-0.15, -0.1) is 0 Å². The zero-order valence-electron chi connectivity index (χ0n) is 11.4. The number of aryl methyl sites for hydroxylation is 3. The highest BCUT2D eigenvalue weighted by Crippen LogP contribution is 2.27. The normalized spacial score (nSPS) is 11.1. The number of nitrogens with zero attached hydrogens (tertiary/aromatic N) is 2. The summed E-state index contributed by atoms with van der Waals surface area (Å²) >= 11 is 0. The standard InChI is InChI=1S/C16H17N3/c1-10-6-11(2)8-13(7-10)16-15-5-4-14(17)9-19(15)12(3)18-16/h4-9H,17H2,1-3H3. The van der Waals surface area contributed by atoms with Crippen LogP contribution < -0.4 is 5.73 Å². The predicted octanol–water partition coefficient (Wildman–Crippen LogP) is 3.51. The van der Waals surface area contributed by atoms with Crippen LogP contribution in [0.15, 0.2) is 36.5 Å². The predicted molar refractivity (Wildman–Crippen MR) is 79.3 cm³/mol. The maximum absolute atomic E-state index is 5.84. The van der Waals surface area contributed by atoms with E-state index >= 15 is 0 Å². The number of aromatic nitrogens is 2. The van der Waals surface area contributed by atoms with Gasteiger partial charge < -0.3 is 10.1 Å². The number of anilines is 1. The van der Waals surface area contributed by atoms with Crippen molar-refractivity contribution in [1.29, 1.82) is 0 Å². The van der Waals surface area contributed by atoms with E-state index < -0.39 is 0 Å². The maximum Gasteiger partial charge on any atom is 0.110 e. The molecule has 2 N–H and O–H groups in total. The van der Waals surface area contributed by atoms with E-state index in [1.165, 1.54) is 11.1 Å². The van der Waals surface area contributed by atoms with E-state index in [0.29, 0.717) is 0 Å². The minimum absolute atomic E-state index is 0.750. The van der Waals surface area contributed by atoms with Gasteiger partial charge in [0, 0.05) is 17.4 Å². The van der Waals surface area contributed by atoms with Gasteiger partial charge in [0.2, 0.25) is 0 Å². The topological polar surface area (TPSA) is 43.3 Å². The summed E-state index contributed by atoms with van der Waals surface area (Å²) in [5, 5.41) is 0. The number of nitrogen functional groups attached to an aromatic ring is 1. The Morgan fingerprint density at radius 3 is 2.37 bits per heavy atom. The average Bonchev–Trinajstić information content (AvgIpc) is 2.65. The molecule has 3 rings (SSSR count). The number of rotatable bonds is 1. The van der Waals surface area contributed by atoms with Crippen LogP contribution in [-0.4, -0.2) is 9.38 Å². The molecule has 3 aromatic rings. The molecule has 96 valence electrons. The fraction of sp³-hybridized carbons (Fsp3) is 0.188. The Balaban J connectivity index is 2.31. The lowest BCUT2D eigenvalue weighted by molar-refractivity contribution is 1.05. The molecule has 3 nitrogen and oxygen atoms in total. The van der Waals surface area contributed by atoms with Gasteiger partial charge in [-0.3, -0.25) is 0 Å². The van der Waals surface area contributed by atoms with Gasteiger partial charge in [-0.25, -0.2) is 4.98 Å². The average molecular weight is 251 g/mol. The van der Waals surface area contributed by atoms with E-state index in [4.69, 9.17) is 10.7 Å². The minimum atomic E-state index is 0.750. The molecular formula is C16H17N3. The first kappa shape index (κ1) is 11.8. The third-order valence-corrected chi connectivity index (χ3v) is 3.33. The molecule has 0 unspecified atom stereocenters. The molecule has 0 amide bonds. The zero-order valence-corrected chi connectivity index (χ0v) is 11.4. The van der Waals surface area contributed by atoms with Crippen molar-refractivity contribution in [2.24, 2.45) is 0 Å². The lowest BCUT2D eigenvalue weighted by atomic mass is 10.0. The second kappa shape index (κ2) is 4.12. The van der Waals surface area contributed by atoms with E-state index in [0.717, 1.165) is 28.3 Å². The number of nitrogens with two attached hydrogens (primary N) is 1. The monoisotopic (exact) mass is 251 g/mol. The van der Waals surface area contributed by atoms with Crippen LogP contribution in [0.2, 0.25) is 0 Å². The first-order valence-corrected chi connectivity index (χ1v) is 6.37. The molecule has 0 spiro atoms. The van der Waals surface area contributed by atoms with Gasteiger partial charge in [0.25, 0.3) is 0 Å². The number of benzene rings is 1. The summed E-state index contributed by atoms with van der Waals surface area (Å²) in [6, 6.07) is 10.5. The second-order valence-corrected chi connectivity index (χ2v) is 5.10. The zero-order chi connectivity index (χ0) is 13.6. The molecule has 2 aromatic heterocycles.